The summed E-state index contributed by atoms with van der Waals surface area (Å²) < 4.78 is 5.74. The summed E-state index contributed by atoms with van der Waals surface area (Å²) in [5.41, 5.74) is 5.99. The Labute approximate surface area is 102 Å². The van der Waals surface area contributed by atoms with Crippen molar-refractivity contribution in [3.05, 3.63) is 0 Å². The van der Waals surface area contributed by atoms with Gasteiger partial charge in [0, 0.05) is 12.5 Å². The van der Waals surface area contributed by atoms with Gasteiger partial charge in [0.15, 0.2) is 0 Å². The maximum Gasteiger partial charge on any atom is 0.220 e. The lowest BCUT2D eigenvalue weighted by Crippen LogP contribution is -2.42. The highest BCUT2D eigenvalue weighted by Crippen LogP contribution is 2.34. The van der Waals surface area contributed by atoms with Crippen molar-refractivity contribution in [1.82, 2.24) is 5.32 Å². The topological polar surface area (TPSA) is 64.4 Å². The monoisotopic (exact) mass is 238 g/mol. The van der Waals surface area contributed by atoms with Crippen molar-refractivity contribution >= 4 is 5.91 Å². The molecule has 0 aromatic rings. The molecule has 0 radical (unpaired) electrons. The van der Waals surface area contributed by atoms with Gasteiger partial charge in [-0.3, -0.25) is 4.79 Å². The molecule has 2 saturated heterocycles. The van der Waals surface area contributed by atoms with E-state index in [-0.39, 0.29) is 24.1 Å². The third-order valence-corrected chi connectivity index (χ3v) is 4.62. The van der Waals surface area contributed by atoms with E-state index in [4.69, 9.17) is 10.5 Å². The smallest absolute Gasteiger partial charge is 0.220 e. The van der Waals surface area contributed by atoms with Crippen molar-refractivity contribution in [2.75, 3.05) is 0 Å². The van der Waals surface area contributed by atoms with Crippen molar-refractivity contribution in [1.29, 1.82) is 0 Å². The fourth-order valence-electron chi connectivity index (χ4n) is 3.61. The van der Waals surface area contributed by atoms with Crippen LogP contribution in [0.5, 0.6) is 0 Å². The normalized spacial score (nSPS) is 44.2. The second-order valence-electron chi connectivity index (χ2n) is 5.84. The highest BCUT2D eigenvalue weighted by atomic mass is 16.5. The Kier molecular flexibility index (Phi) is 3.09. The average Bonchev–Trinajstić information content (AvgIpc) is 2.96. The van der Waals surface area contributed by atoms with Crippen LogP contribution in [-0.4, -0.2) is 30.2 Å². The lowest BCUT2D eigenvalue weighted by molar-refractivity contribution is -0.123. The molecule has 1 aliphatic carbocycles. The molecule has 4 heteroatoms. The van der Waals surface area contributed by atoms with Gasteiger partial charge in [-0.15, -0.1) is 0 Å². The fourth-order valence-corrected chi connectivity index (χ4v) is 3.61. The SMILES string of the molecule is N[C@@H]1CCC[C@H]1CC(=O)N[C@@H]1C[C@H]2CC[C@@H]1O2. The molecule has 4 nitrogen and oxygen atoms in total. The number of carbonyl (C=O) groups is 1. The molecule has 3 aliphatic rings. The first-order valence-electron chi connectivity index (χ1n) is 6.93. The molecule has 2 bridgehead atoms. The molecule has 17 heavy (non-hydrogen) atoms. The number of carbonyl (C=O) groups excluding carboxylic acids is 1. The quantitative estimate of drug-likeness (QED) is 0.769. The van der Waals surface area contributed by atoms with Gasteiger partial charge in [0.1, 0.15) is 0 Å². The van der Waals surface area contributed by atoms with Crippen LogP contribution in [0.3, 0.4) is 0 Å². The number of rotatable bonds is 3. The Bertz CT molecular complexity index is 308. The van der Waals surface area contributed by atoms with Crippen LogP contribution in [0.4, 0.5) is 0 Å². The third kappa shape index (κ3) is 2.33. The van der Waals surface area contributed by atoms with Crippen molar-refractivity contribution in [2.24, 2.45) is 11.7 Å². The van der Waals surface area contributed by atoms with E-state index in [0.29, 0.717) is 18.4 Å². The molecule has 96 valence electrons. The van der Waals surface area contributed by atoms with Gasteiger partial charge in [-0.1, -0.05) is 6.42 Å². The molecule has 2 aliphatic heterocycles. The average molecular weight is 238 g/mol. The maximum atomic E-state index is 12.0. The summed E-state index contributed by atoms with van der Waals surface area (Å²) in [6.45, 7) is 0. The molecule has 2 heterocycles. The second kappa shape index (κ2) is 4.58. The zero-order valence-electron chi connectivity index (χ0n) is 10.2. The first kappa shape index (κ1) is 11.5. The van der Waals surface area contributed by atoms with E-state index in [2.05, 4.69) is 5.32 Å². The van der Waals surface area contributed by atoms with E-state index in [1.54, 1.807) is 0 Å². The zero-order chi connectivity index (χ0) is 11.8. The molecule has 0 aromatic carbocycles. The first-order chi connectivity index (χ1) is 8.22. The van der Waals surface area contributed by atoms with Crippen LogP contribution >= 0.6 is 0 Å². The van der Waals surface area contributed by atoms with Gasteiger partial charge in [-0.25, -0.2) is 0 Å². The van der Waals surface area contributed by atoms with Crippen molar-refractivity contribution in [2.45, 2.75) is 69.2 Å². The summed E-state index contributed by atoms with van der Waals surface area (Å²) in [5.74, 6) is 0.572. The summed E-state index contributed by atoms with van der Waals surface area (Å²) >= 11 is 0. The van der Waals surface area contributed by atoms with Crippen LogP contribution in [0.2, 0.25) is 0 Å². The van der Waals surface area contributed by atoms with Gasteiger partial charge in [-0.2, -0.15) is 0 Å². The van der Waals surface area contributed by atoms with E-state index in [9.17, 15) is 4.79 Å². The Balaban J connectivity index is 1.47. The number of hydrogen-bond donors (Lipinski definition) is 2. The van der Waals surface area contributed by atoms with Gasteiger partial charge >= 0.3 is 0 Å². The molecule has 0 spiro atoms. The minimum atomic E-state index is 0.175. The summed E-state index contributed by atoms with van der Waals surface area (Å²) in [5, 5.41) is 3.14. The largest absolute Gasteiger partial charge is 0.373 e. The predicted molar refractivity (Wildman–Crippen MR) is 64.4 cm³/mol. The molecule has 3 fully saturated rings. The number of fused-ring (bicyclic) bond motifs is 2. The van der Waals surface area contributed by atoms with Gasteiger partial charge in [0.25, 0.3) is 0 Å². The summed E-state index contributed by atoms with van der Waals surface area (Å²) in [6, 6.07) is 0.496. The van der Waals surface area contributed by atoms with Gasteiger partial charge in [0.2, 0.25) is 5.91 Å². The van der Waals surface area contributed by atoms with Gasteiger partial charge in [0.05, 0.1) is 18.2 Å². The lowest BCUT2D eigenvalue weighted by Gasteiger charge is -2.22. The summed E-state index contributed by atoms with van der Waals surface area (Å²) in [6.07, 6.45) is 7.94. The second-order valence-corrected chi connectivity index (χ2v) is 5.84. The van der Waals surface area contributed by atoms with Crippen molar-refractivity contribution < 1.29 is 9.53 Å². The van der Waals surface area contributed by atoms with Crippen LogP contribution in [0.15, 0.2) is 0 Å². The van der Waals surface area contributed by atoms with E-state index in [1.807, 2.05) is 0 Å². The number of hydrogen-bond acceptors (Lipinski definition) is 3. The molecular weight excluding hydrogens is 216 g/mol. The van der Waals surface area contributed by atoms with Gasteiger partial charge in [-0.05, 0) is 38.0 Å². The molecular formula is C13H22N2O2. The van der Waals surface area contributed by atoms with Crippen LogP contribution in [0.1, 0.15) is 44.9 Å². The standard InChI is InChI=1S/C13H22N2O2/c14-10-3-1-2-8(10)6-13(16)15-11-7-9-4-5-12(11)17-9/h8-12H,1-7,14H2,(H,15,16)/t8-,9+,10+,11+,12-/m0/s1. The van der Waals surface area contributed by atoms with E-state index in [1.165, 1.54) is 12.8 Å². The molecule has 3 rings (SSSR count). The van der Waals surface area contributed by atoms with Crippen LogP contribution in [0, 0.1) is 5.92 Å². The van der Waals surface area contributed by atoms with Gasteiger partial charge < -0.3 is 15.8 Å². The van der Waals surface area contributed by atoms with Crippen LogP contribution in [-0.2, 0) is 9.53 Å². The first-order valence-corrected chi connectivity index (χ1v) is 6.93. The lowest BCUT2D eigenvalue weighted by atomic mass is 9.94. The number of nitrogens with two attached hydrogens (primary N) is 1. The molecule has 1 saturated carbocycles. The predicted octanol–water partition coefficient (Wildman–Crippen LogP) is 0.940. The Hall–Kier alpha value is -0.610. The summed E-state index contributed by atoms with van der Waals surface area (Å²) in [4.78, 5) is 12.0. The number of ether oxygens (including phenoxy) is 1. The Morgan fingerprint density at radius 1 is 1.29 bits per heavy atom. The molecule has 1 amide bonds. The molecule has 0 unspecified atom stereocenters. The molecule has 3 N–H and O–H groups in total. The fraction of sp³-hybridized carbons (Fsp3) is 0.923. The molecule has 5 atom stereocenters. The number of amides is 1. The van der Waals surface area contributed by atoms with E-state index < -0.39 is 0 Å². The minimum Gasteiger partial charge on any atom is -0.373 e. The molecule has 0 aromatic heterocycles. The third-order valence-electron chi connectivity index (χ3n) is 4.62. The van der Waals surface area contributed by atoms with Crippen LogP contribution < -0.4 is 11.1 Å². The number of nitrogens with one attached hydrogen (secondary N) is 1. The zero-order valence-corrected chi connectivity index (χ0v) is 10.2. The van der Waals surface area contributed by atoms with E-state index in [0.717, 1.165) is 25.7 Å². The Morgan fingerprint density at radius 3 is 2.76 bits per heavy atom. The highest BCUT2D eigenvalue weighted by Gasteiger charge is 2.41. The van der Waals surface area contributed by atoms with E-state index >= 15 is 0 Å². The summed E-state index contributed by atoms with van der Waals surface area (Å²) in [7, 11) is 0. The highest BCUT2D eigenvalue weighted by molar-refractivity contribution is 5.76. The Morgan fingerprint density at radius 2 is 2.18 bits per heavy atom. The van der Waals surface area contributed by atoms with Crippen molar-refractivity contribution in [3.63, 3.8) is 0 Å². The minimum absolute atomic E-state index is 0.175. The van der Waals surface area contributed by atoms with Crippen LogP contribution in [0.25, 0.3) is 0 Å². The van der Waals surface area contributed by atoms with Crippen molar-refractivity contribution in [3.8, 4) is 0 Å². The maximum absolute atomic E-state index is 12.0.